The van der Waals surface area contributed by atoms with Crippen LogP contribution in [0.4, 0.5) is 5.82 Å². The Hall–Kier alpha value is -2.09. The van der Waals surface area contributed by atoms with Gasteiger partial charge in [-0.05, 0) is 36.8 Å². The summed E-state index contributed by atoms with van der Waals surface area (Å²) >= 11 is 5.93. The second-order valence-electron chi connectivity index (χ2n) is 5.83. The van der Waals surface area contributed by atoms with Gasteiger partial charge in [-0.1, -0.05) is 23.7 Å². The summed E-state index contributed by atoms with van der Waals surface area (Å²) in [6.07, 6.45) is 0. The Labute approximate surface area is 141 Å². The van der Waals surface area contributed by atoms with Crippen molar-refractivity contribution in [1.82, 2.24) is 9.88 Å². The molecule has 23 heavy (non-hydrogen) atoms. The Balaban J connectivity index is 1.63. The fourth-order valence-electron chi connectivity index (χ4n) is 2.84. The van der Waals surface area contributed by atoms with E-state index in [9.17, 15) is 5.26 Å². The highest BCUT2D eigenvalue weighted by Crippen LogP contribution is 2.20. The van der Waals surface area contributed by atoms with Crippen molar-refractivity contribution in [2.75, 3.05) is 31.1 Å². The summed E-state index contributed by atoms with van der Waals surface area (Å²) in [6, 6.07) is 14.0. The van der Waals surface area contributed by atoms with Crippen LogP contribution in [0.3, 0.4) is 0 Å². The third kappa shape index (κ3) is 3.82. The molecule has 1 saturated heterocycles. The molecule has 4 nitrogen and oxygen atoms in total. The molecule has 1 aromatic carbocycles. The van der Waals surface area contributed by atoms with E-state index in [2.05, 4.69) is 33.0 Å². The molecule has 1 aliphatic rings. The molecule has 0 aliphatic carbocycles. The molecule has 0 N–H and O–H groups in total. The smallest absolute Gasteiger partial charge is 0.146 e. The molecule has 1 aliphatic heterocycles. The van der Waals surface area contributed by atoms with Crippen LogP contribution in [0.15, 0.2) is 36.4 Å². The molecule has 0 saturated carbocycles. The monoisotopic (exact) mass is 326 g/mol. The highest BCUT2D eigenvalue weighted by atomic mass is 35.5. The van der Waals surface area contributed by atoms with Crippen LogP contribution >= 0.6 is 11.6 Å². The van der Waals surface area contributed by atoms with E-state index in [-0.39, 0.29) is 0 Å². The normalized spacial score (nSPS) is 15.4. The summed E-state index contributed by atoms with van der Waals surface area (Å²) in [5.41, 5.74) is 2.87. The maximum Gasteiger partial charge on any atom is 0.146 e. The van der Waals surface area contributed by atoms with E-state index in [1.165, 1.54) is 5.56 Å². The Morgan fingerprint density at radius 1 is 1.09 bits per heavy atom. The van der Waals surface area contributed by atoms with E-state index in [1.54, 1.807) is 0 Å². The van der Waals surface area contributed by atoms with Crippen LogP contribution in [0.25, 0.3) is 0 Å². The predicted octanol–water partition coefficient (Wildman–Crippen LogP) is 3.24. The lowest BCUT2D eigenvalue weighted by Crippen LogP contribution is -2.46. The molecule has 5 heteroatoms. The minimum absolute atomic E-state index is 0.654. The van der Waals surface area contributed by atoms with Gasteiger partial charge in [0.05, 0.1) is 5.56 Å². The zero-order chi connectivity index (χ0) is 16.2. The SMILES string of the molecule is Cc1ccc(C#N)c(N2CCN(Cc3ccc(Cl)cc3)CC2)n1. The lowest BCUT2D eigenvalue weighted by molar-refractivity contribution is 0.249. The van der Waals surface area contributed by atoms with Crippen molar-refractivity contribution in [3.8, 4) is 6.07 Å². The van der Waals surface area contributed by atoms with Crippen LogP contribution in [0, 0.1) is 18.3 Å². The first kappa shape index (κ1) is 15.8. The van der Waals surface area contributed by atoms with E-state index in [1.807, 2.05) is 31.2 Å². The number of anilines is 1. The van der Waals surface area contributed by atoms with E-state index in [0.29, 0.717) is 5.56 Å². The molecule has 0 unspecified atom stereocenters. The van der Waals surface area contributed by atoms with Gasteiger partial charge in [0, 0.05) is 43.4 Å². The third-order valence-corrected chi connectivity index (χ3v) is 4.38. The molecule has 0 bridgehead atoms. The highest BCUT2D eigenvalue weighted by molar-refractivity contribution is 6.30. The molecular weight excluding hydrogens is 308 g/mol. The summed E-state index contributed by atoms with van der Waals surface area (Å²) < 4.78 is 0. The zero-order valence-corrected chi connectivity index (χ0v) is 13.9. The van der Waals surface area contributed by atoms with Crippen molar-refractivity contribution >= 4 is 17.4 Å². The molecule has 118 valence electrons. The van der Waals surface area contributed by atoms with Gasteiger partial charge in [0.1, 0.15) is 11.9 Å². The van der Waals surface area contributed by atoms with Crippen molar-refractivity contribution in [2.24, 2.45) is 0 Å². The first-order chi connectivity index (χ1) is 11.2. The van der Waals surface area contributed by atoms with Gasteiger partial charge in [-0.2, -0.15) is 5.26 Å². The number of nitrogens with zero attached hydrogens (tertiary/aromatic N) is 4. The average molecular weight is 327 g/mol. The molecule has 2 aromatic rings. The van der Waals surface area contributed by atoms with Crippen LogP contribution in [-0.2, 0) is 6.54 Å². The molecule has 0 radical (unpaired) electrons. The number of aromatic nitrogens is 1. The minimum atomic E-state index is 0.654. The number of rotatable bonds is 3. The van der Waals surface area contributed by atoms with Gasteiger partial charge in [0.2, 0.25) is 0 Å². The molecular formula is C18H19ClN4. The summed E-state index contributed by atoms with van der Waals surface area (Å²) in [5, 5.41) is 10.0. The van der Waals surface area contributed by atoms with Crippen molar-refractivity contribution in [2.45, 2.75) is 13.5 Å². The fourth-order valence-corrected chi connectivity index (χ4v) is 2.96. The van der Waals surface area contributed by atoms with Crippen LogP contribution < -0.4 is 4.90 Å². The predicted molar refractivity (Wildman–Crippen MR) is 92.6 cm³/mol. The molecule has 0 spiro atoms. The number of nitriles is 1. The second kappa shape index (κ2) is 6.99. The van der Waals surface area contributed by atoms with Crippen LogP contribution in [0.5, 0.6) is 0 Å². The Morgan fingerprint density at radius 3 is 2.43 bits per heavy atom. The molecule has 2 heterocycles. The largest absolute Gasteiger partial charge is 0.353 e. The van der Waals surface area contributed by atoms with Gasteiger partial charge < -0.3 is 4.90 Å². The minimum Gasteiger partial charge on any atom is -0.353 e. The van der Waals surface area contributed by atoms with E-state index in [4.69, 9.17) is 11.6 Å². The van der Waals surface area contributed by atoms with Gasteiger partial charge >= 0.3 is 0 Å². The number of benzene rings is 1. The standard InChI is InChI=1S/C18H19ClN4/c1-14-2-5-16(12-20)18(21-14)23-10-8-22(9-11-23)13-15-3-6-17(19)7-4-15/h2-7H,8-11,13H2,1H3. The first-order valence-corrected chi connectivity index (χ1v) is 8.13. The summed E-state index contributed by atoms with van der Waals surface area (Å²) in [6.45, 7) is 6.59. The van der Waals surface area contributed by atoms with E-state index < -0.39 is 0 Å². The maximum atomic E-state index is 9.27. The van der Waals surface area contributed by atoms with E-state index >= 15 is 0 Å². The molecule has 1 fully saturated rings. The molecule has 3 rings (SSSR count). The number of pyridine rings is 1. The molecule has 0 amide bonds. The zero-order valence-electron chi connectivity index (χ0n) is 13.2. The van der Waals surface area contributed by atoms with Gasteiger partial charge in [0.15, 0.2) is 0 Å². The number of hydrogen-bond acceptors (Lipinski definition) is 4. The number of aryl methyl sites for hydroxylation is 1. The van der Waals surface area contributed by atoms with Crippen LogP contribution in [0.2, 0.25) is 5.02 Å². The highest BCUT2D eigenvalue weighted by Gasteiger charge is 2.20. The molecule has 0 atom stereocenters. The van der Waals surface area contributed by atoms with E-state index in [0.717, 1.165) is 49.3 Å². The average Bonchev–Trinajstić information content (AvgIpc) is 2.58. The van der Waals surface area contributed by atoms with Crippen LogP contribution in [-0.4, -0.2) is 36.1 Å². The lowest BCUT2D eigenvalue weighted by Gasteiger charge is -2.35. The summed E-state index contributed by atoms with van der Waals surface area (Å²) in [7, 11) is 0. The summed E-state index contributed by atoms with van der Waals surface area (Å²) in [4.78, 5) is 9.19. The topological polar surface area (TPSA) is 43.2 Å². The second-order valence-corrected chi connectivity index (χ2v) is 6.26. The van der Waals surface area contributed by atoms with Crippen molar-refractivity contribution < 1.29 is 0 Å². The van der Waals surface area contributed by atoms with Gasteiger partial charge in [0.25, 0.3) is 0 Å². The maximum absolute atomic E-state index is 9.27. The Kier molecular flexibility index (Phi) is 4.80. The van der Waals surface area contributed by atoms with Gasteiger partial charge in [-0.25, -0.2) is 4.98 Å². The van der Waals surface area contributed by atoms with Gasteiger partial charge in [-0.3, -0.25) is 4.90 Å². The van der Waals surface area contributed by atoms with Gasteiger partial charge in [-0.15, -0.1) is 0 Å². The van der Waals surface area contributed by atoms with Crippen molar-refractivity contribution in [3.05, 3.63) is 58.2 Å². The number of piperazine rings is 1. The Morgan fingerprint density at radius 2 is 1.78 bits per heavy atom. The number of halogens is 1. The fraction of sp³-hybridized carbons (Fsp3) is 0.333. The first-order valence-electron chi connectivity index (χ1n) is 7.75. The quantitative estimate of drug-likeness (QED) is 0.868. The van der Waals surface area contributed by atoms with Crippen molar-refractivity contribution in [3.63, 3.8) is 0 Å². The van der Waals surface area contributed by atoms with Crippen molar-refractivity contribution in [1.29, 1.82) is 5.26 Å². The lowest BCUT2D eigenvalue weighted by atomic mass is 10.2. The third-order valence-electron chi connectivity index (χ3n) is 4.13. The number of hydrogen-bond donors (Lipinski definition) is 0. The molecule has 1 aromatic heterocycles. The Bertz CT molecular complexity index is 713. The summed E-state index contributed by atoms with van der Waals surface area (Å²) in [5.74, 6) is 0.818. The van der Waals surface area contributed by atoms with Crippen LogP contribution in [0.1, 0.15) is 16.8 Å².